The Morgan fingerprint density at radius 3 is 2.96 bits per heavy atom. The Labute approximate surface area is 135 Å². The molecule has 2 atom stereocenters. The Hall–Kier alpha value is -1.24. The van der Waals surface area contributed by atoms with Crippen LogP contribution in [0.1, 0.15) is 49.4 Å². The van der Waals surface area contributed by atoms with Crippen LogP contribution in [0.4, 0.5) is 0 Å². The molecule has 3 aliphatic rings. The smallest absolute Gasteiger partial charge is 0.267 e. The summed E-state index contributed by atoms with van der Waals surface area (Å²) in [6, 6.07) is 1.69. The summed E-state index contributed by atoms with van der Waals surface area (Å²) in [4.78, 5) is 12.4. The van der Waals surface area contributed by atoms with Crippen LogP contribution in [0.5, 0.6) is 0 Å². The zero-order valence-electron chi connectivity index (χ0n) is 13.5. The van der Waals surface area contributed by atoms with Gasteiger partial charge in [0.2, 0.25) is 0 Å². The van der Waals surface area contributed by atoms with Crippen LogP contribution in [0, 0.1) is 0 Å². The van der Waals surface area contributed by atoms with Gasteiger partial charge in [-0.05, 0) is 37.7 Å². The van der Waals surface area contributed by atoms with E-state index >= 15 is 0 Å². The molecule has 6 nitrogen and oxygen atoms in total. The number of ether oxygens (including phenoxy) is 1. The van der Waals surface area contributed by atoms with Crippen LogP contribution in [0.3, 0.4) is 0 Å². The number of hydrogen-bond donors (Lipinski definition) is 2. The van der Waals surface area contributed by atoms with Crippen LogP contribution in [0.25, 0.3) is 0 Å². The molecule has 1 saturated carbocycles. The second-order valence-corrected chi connectivity index (χ2v) is 7.28. The lowest BCUT2D eigenvalue weighted by molar-refractivity contribution is 0.0432. The monoisotopic (exact) mass is 319 g/mol. The van der Waals surface area contributed by atoms with E-state index in [9.17, 15) is 9.90 Å². The van der Waals surface area contributed by atoms with Crippen LogP contribution in [-0.2, 0) is 17.6 Å². The van der Waals surface area contributed by atoms with Crippen molar-refractivity contribution in [1.82, 2.24) is 15.1 Å². The van der Waals surface area contributed by atoms with Crippen LogP contribution in [0.15, 0.2) is 10.9 Å². The van der Waals surface area contributed by atoms with Gasteiger partial charge in [0, 0.05) is 12.6 Å². The molecule has 1 aromatic rings. The van der Waals surface area contributed by atoms with Crippen LogP contribution < -0.4 is 10.9 Å². The molecule has 4 rings (SSSR count). The van der Waals surface area contributed by atoms with Gasteiger partial charge < -0.3 is 15.2 Å². The minimum Gasteiger partial charge on any atom is -0.389 e. The van der Waals surface area contributed by atoms with Crippen molar-refractivity contribution in [2.45, 2.75) is 62.6 Å². The molecule has 0 bridgehead atoms. The van der Waals surface area contributed by atoms with Crippen LogP contribution in [-0.4, -0.2) is 46.3 Å². The maximum Gasteiger partial charge on any atom is 0.267 e. The lowest BCUT2D eigenvalue weighted by atomic mass is 10.0. The quantitative estimate of drug-likeness (QED) is 0.848. The summed E-state index contributed by atoms with van der Waals surface area (Å²) < 4.78 is 7.21. The third-order valence-corrected chi connectivity index (χ3v) is 5.57. The minimum absolute atomic E-state index is 0.0317. The molecule has 2 fully saturated rings. The zero-order chi connectivity index (χ0) is 15.9. The molecule has 23 heavy (non-hydrogen) atoms. The molecule has 0 spiro atoms. The summed E-state index contributed by atoms with van der Waals surface area (Å²) in [5, 5.41) is 18.5. The van der Waals surface area contributed by atoms with Crippen LogP contribution in [0.2, 0.25) is 0 Å². The van der Waals surface area contributed by atoms with Crippen molar-refractivity contribution in [3.63, 3.8) is 0 Å². The van der Waals surface area contributed by atoms with E-state index in [-0.39, 0.29) is 17.6 Å². The fraction of sp³-hybridized carbons (Fsp3) is 0.765. The number of fused-ring (bicyclic) bond motifs is 1. The molecule has 0 amide bonds. The number of aryl methyl sites for hydroxylation is 2. The van der Waals surface area contributed by atoms with Crippen molar-refractivity contribution in [1.29, 1.82) is 0 Å². The molecular weight excluding hydrogens is 294 g/mol. The number of aromatic nitrogens is 2. The van der Waals surface area contributed by atoms with E-state index in [1.165, 1.54) is 0 Å². The first kappa shape index (κ1) is 15.3. The highest BCUT2D eigenvalue weighted by atomic mass is 16.5. The molecule has 0 aromatic carbocycles. The van der Waals surface area contributed by atoms with E-state index in [4.69, 9.17) is 4.74 Å². The third-order valence-electron chi connectivity index (χ3n) is 5.57. The van der Waals surface area contributed by atoms with Crippen molar-refractivity contribution in [2.24, 2.45) is 0 Å². The van der Waals surface area contributed by atoms with Gasteiger partial charge in [0.05, 0.1) is 36.6 Å². The largest absolute Gasteiger partial charge is 0.389 e. The number of hydrogen-bond acceptors (Lipinski definition) is 5. The molecule has 2 unspecified atom stereocenters. The van der Waals surface area contributed by atoms with Gasteiger partial charge in [0.15, 0.2) is 0 Å². The van der Waals surface area contributed by atoms with Crippen LogP contribution >= 0.6 is 0 Å². The van der Waals surface area contributed by atoms with Gasteiger partial charge >= 0.3 is 0 Å². The zero-order valence-corrected chi connectivity index (χ0v) is 13.5. The van der Waals surface area contributed by atoms with Crippen molar-refractivity contribution in [3.05, 3.63) is 27.7 Å². The Bertz CT molecular complexity index is 636. The van der Waals surface area contributed by atoms with Gasteiger partial charge in [-0.2, -0.15) is 5.10 Å². The Balaban J connectivity index is 1.50. The van der Waals surface area contributed by atoms with Crippen molar-refractivity contribution in [2.75, 3.05) is 19.8 Å². The van der Waals surface area contributed by atoms with E-state index in [0.717, 1.165) is 56.2 Å². The van der Waals surface area contributed by atoms with E-state index < -0.39 is 5.60 Å². The Kier molecular flexibility index (Phi) is 3.99. The fourth-order valence-electron chi connectivity index (χ4n) is 4.16. The van der Waals surface area contributed by atoms with E-state index in [0.29, 0.717) is 19.8 Å². The highest BCUT2D eigenvalue weighted by molar-refractivity contribution is 5.22. The predicted molar refractivity (Wildman–Crippen MR) is 85.6 cm³/mol. The summed E-state index contributed by atoms with van der Waals surface area (Å²) in [6.07, 6.45) is 6.91. The molecule has 2 N–H and O–H groups in total. The fourth-order valence-corrected chi connectivity index (χ4v) is 4.16. The lowest BCUT2D eigenvalue weighted by Gasteiger charge is -2.27. The Morgan fingerprint density at radius 1 is 1.30 bits per heavy atom. The molecule has 6 heteroatoms. The SMILES string of the molecule is O=c1cc2c(nn1C1COCC1NCC1(O)CCCC1)CCC2. The Morgan fingerprint density at radius 2 is 2.13 bits per heavy atom. The highest BCUT2D eigenvalue weighted by Crippen LogP contribution is 2.29. The molecule has 1 aliphatic heterocycles. The highest BCUT2D eigenvalue weighted by Gasteiger charge is 2.36. The van der Waals surface area contributed by atoms with E-state index in [1.54, 1.807) is 10.7 Å². The maximum absolute atomic E-state index is 12.4. The maximum atomic E-state index is 12.4. The molecular formula is C17H25N3O3. The van der Waals surface area contributed by atoms with Gasteiger partial charge in [0.1, 0.15) is 0 Å². The summed E-state index contributed by atoms with van der Waals surface area (Å²) >= 11 is 0. The number of rotatable bonds is 4. The van der Waals surface area contributed by atoms with Gasteiger partial charge in [-0.15, -0.1) is 0 Å². The number of nitrogens with zero attached hydrogens (tertiary/aromatic N) is 2. The van der Waals surface area contributed by atoms with Crippen molar-refractivity contribution >= 4 is 0 Å². The van der Waals surface area contributed by atoms with Gasteiger partial charge in [-0.3, -0.25) is 4.79 Å². The summed E-state index contributed by atoms with van der Waals surface area (Å²) in [5.41, 5.74) is 1.54. The molecule has 1 aromatic heterocycles. The average Bonchev–Trinajstić information content (AvgIpc) is 3.24. The second-order valence-electron chi connectivity index (χ2n) is 7.28. The predicted octanol–water partition coefficient (Wildman–Crippen LogP) is 0.567. The topological polar surface area (TPSA) is 76.4 Å². The summed E-state index contributed by atoms with van der Waals surface area (Å²) in [6.45, 7) is 1.63. The number of aliphatic hydroxyl groups is 1. The molecule has 2 heterocycles. The first-order valence-corrected chi connectivity index (χ1v) is 8.80. The third kappa shape index (κ3) is 2.95. The second kappa shape index (κ2) is 6.00. The lowest BCUT2D eigenvalue weighted by Crippen LogP contribution is -2.47. The van der Waals surface area contributed by atoms with E-state index in [1.807, 2.05) is 0 Å². The van der Waals surface area contributed by atoms with Gasteiger partial charge in [0.25, 0.3) is 5.56 Å². The van der Waals surface area contributed by atoms with Crippen molar-refractivity contribution < 1.29 is 9.84 Å². The average molecular weight is 319 g/mol. The molecule has 1 saturated heterocycles. The normalized spacial score (nSPS) is 29.1. The van der Waals surface area contributed by atoms with E-state index in [2.05, 4.69) is 10.4 Å². The van der Waals surface area contributed by atoms with Gasteiger partial charge in [-0.25, -0.2) is 4.68 Å². The molecule has 0 radical (unpaired) electrons. The minimum atomic E-state index is -0.594. The number of nitrogens with one attached hydrogen (secondary N) is 1. The van der Waals surface area contributed by atoms with Gasteiger partial charge in [-0.1, -0.05) is 12.8 Å². The standard InChI is InChI=1S/C17H25N3O3/c21-16-8-12-4-3-5-13(12)19-20(16)15-10-23-9-14(15)18-11-17(22)6-1-2-7-17/h8,14-15,18,22H,1-7,9-11H2. The first-order valence-electron chi connectivity index (χ1n) is 8.80. The molecule has 126 valence electrons. The molecule has 2 aliphatic carbocycles. The summed E-state index contributed by atoms with van der Waals surface area (Å²) in [7, 11) is 0. The van der Waals surface area contributed by atoms with Crippen molar-refractivity contribution in [3.8, 4) is 0 Å². The summed E-state index contributed by atoms with van der Waals surface area (Å²) in [5.74, 6) is 0. The first-order chi connectivity index (χ1) is 11.1.